The highest BCUT2D eigenvalue weighted by molar-refractivity contribution is 5.96. The van der Waals surface area contributed by atoms with Gasteiger partial charge in [-0.3, -0.25) is 5.10 Å². The lowest BCUT2D eigenvalue weighted by atomic mass is 9.98. The van der Waals surface area contributed by atoms with Crippen molar-refractivity contribution in [1.29, 1.82) is 0 Å². The third-order valence-electron chi connectivity index (χ3n) is 6.29. The average Bonchev–Trinajstić information content (AvgIpc) is 3.43. The van der Waals surface area contributed by atoms with E-state index in [9.17, 15) is 0 Å². The Labute approximate surface area is 174 Å². The monoisotopic (exact) mass is 399 g/mol. The zero-order valence-corrected chi connectivity index (χ0v) is 16.9. The van der Waals surface area contributed by atoms with Gasteiger partial charge in [-0.1, -0.05) is 12.1 Å². The second-order valence-corrected chi connectivity index (χ2v) is 8.18. The molecule has 2 aliphatic rings. The number of aromatic nitrogens is 5. The van der Waals surface area contributed by atoms with Crippen LogP contribution >= 0.6 is 0 Å². The first-order chi connectivity index (χ1) is 14.9. The molecule has 6 rings (SSSR count). The van der Waals surface area contributed by atoms with Crippen LogP contribution in [0.5, 0.6) is 0 Å². The van der Waals surface area contributed by atoms with Crippen molar-refractivity contribution in [3.63, 3.8) is 0 Å². The van der Waals surface area contributed by atoms with Crippen molar-refractivity contribution in [1.82, 2.24) is 30.5 Å². The fourth-order valence-electron chi connectivity index (χ4n) is 4.69. The van der Waals surface area contributed by atoms with Crippen molar-refractivity contribution in [3.8, 4) is 11.5 Å². The van der Waals surface area contributed by atoms with Crippen LogP contribution in [0.2, 0.25) is 0 Å². The highest BCUT2D eigenvalue weighted by atomic mass is 15.2. The quantitative estimate of drug-likeness (QED) is 0.487. The number of pyridine rings is 1. The molecule has 3 N–H and O–H groups in total. The number of benzene rings is 1. The van der Waals surface area contributed by atoms with Crippen molar-refractivity contribution < 1.29 is 0 Å². The number of nitrogens with one attached hydrogen (secondary N) is 3. The molecule has 0 bridgehead atoms. The van der Waals surface area contributed by atoms with Gasteiger partial charge >= 0.3 is 0 Å². The van der Waals surface area contributed by atoms with Crippen LogP contribution in [0, 0.1) is 0 Å². The molecule has 5 heterocycles. The lowest BCUT2D eigenvalue weighted by molar-refractivity contribution is 0.578. The van der Waals surface area contributed by atoms with E-state index < -0.39 is 0 Å². The van der Waals surface area contributed by atoms with Crippen LogP contribution in [0.4, 0.5) is 5.69 Å². The maximum Gasteiger partial charge on any atom is 0.180 e. The number of piperidine rings is 1. The SMILES string of the molecule is C1=C(c2ccc3[nH]nc(-c4nc5nccc(N6CCCCC6)c5[nH]4)c3c2)CCNC1. The highest BCUT2D eigenvalue weighted by Gasteiger charge is 2.19. The Morgan fingerprint density at radius 2 is 1.97 bits per heavy atom. The summed E-state index contributed by atoms with van der Waals surface area (Å²) in [5.41, 5.74) is 7.47. The van der Waals surface area contributed by atoms with E-state index in [1.807, 2.05) is 6.20 Å². The number of H-pyrrole nitrogens is 2. The summed E-state index contributed by atoms with van der Waals surface area (Å²) in [5, 5.41) is 12.2. The molecule has 0 saturated carbocycles. The molecule has 30 heavy (non-hydrogen) atoms. The van der Waals surface area contributed by atoms with E-state index >= 15 is 0 Å². The van der Waals surface area contributed by atoms with Gasteiger partial charge in [0, 0.05) is 31.2 Å². The molecule has 0 atom stereocenters. The second-order valence-electron chi connectivity index (χ2n) is 8.18. The fraction of sp³-hybridized carbons (Fsp3) is 0.348. The van der Waals surface area contributed by atoms with Gasteiger partial charge < -0.3 is 15.2 Å². The normalized spacial score (nSPS) is 17.6. The number of hydrogen-bond acceptors (Lipinski definition) is 5. The van der Waals surface area contributed by atoms with Crippen LogP contribution in [0.15, 0.2) is 36.5 Å². The Bertz CT molecular complexity index is 1240. The van der Waals surface area contributed by atoms with Gasteiger partial charge in [0.15, 0.2) is 11.5 Å². The Hall–Kier alpha value is -3.19. The van der Waals surface area contributed by atoms with Gasteiger partial charge in [-0.2, -0.15) is 5.10 Å². The molecule has 4 aromatic rings. The zero-order chi connectivity index (χ0) is 19.9. The largest absolute Gasteiger partial charge is 0.370 e. The van der Waals surface area contributed by atoms with E-state index in [1.165, 1.54) is 36.1 Å². The molecule has 152 valence electrons. The molecule has 1 saturated heterocycles. The molecular formula is C23H25N7. The van der Waals surface area contributed by atoms with Gasteiger partial charge in [-0.15, -0.1) is 0 Å². The van der Waals surface area contributed by atoms with Crippen molar-refractivity contribution in [2.24, 2.45) is 0 Å². The van der Waals surface area contributed by atoms with E-state index in [-0.39, 0.29) is 0 Å². The molecular weight excluding hydrogens is 374 g/mol. The van der Waals surface area contributed by atoms with E-state index in [1.54, 1.807) is 0 Å². The van der Waals surface area contributed by atoms with Crippen LogP contribution in [-0.4, -0.2) is 51.3 Å². The molecule has 0 spiro atoms. The molecule has 0 aliphatic carbocycles. The summed E-state index contributed by atoms with van der Waals surface area (Å²) < 4.78 is 0. The summed E-state index contributed by atoms with van der Waals surface area (Å²) in [6, 6.07) is 8.62. The topological polar surface area (TPSA) is 85.5 Å². The predicted molar refractivity (Wildman–Crippen MR) is 121 cm³/mol. The minimum absolute atomic E-state index is 0.751. The summed E-state index contributed by atoms with van der Waals surface area (Å²) in [7, 11) is 0. The number of hydrogen-bond donors (Lipinski definition) is 3. The Morgan fingerprint density at radius 1 is 1.03 bits per heavy atom. The minimum atomic E-state index is 0.751. The number of aromatic amines is 2. The van der Waals surface area contributed by atoms with Gasteiger partial charge in [0.2, 0.25) is 0 Å². The summed E-state index contributed by atoms with van der Waals surface area (Å²) in [5.74, 6) is 0.768. The van der Waals surface area contributed by atoms with Gasteiger partial charge in [0.25, 0.3) is 0 Å². The average molecular weight is 400 g/mol. The van der Waals surface area contributed by atoms with Crippen molar-refractivity contribution in [2.75, 3.05) is 31.1 Å². The number of rotatable bonds is 3. The van der Waals surface area contributed by atoms with Crippen LogP contribution in [0.1, 0.15) is 31.2 Å². The van der Waals surface area contributed by atoms with Crippen molar-refractivity contribution in [2.45, 2.75) is 25.7 Å². The first-order valence-electron chi connectivity index (χ1n) is 10.8. The Kier molecular flexibility index (Phi) is 4.27. The number of imidazole rings is 1. The van der Waals surface area contributed by atoms with Gasteiger partial charge in [-0.25, -0.2) is 9.97 Å². The third-order valence-corrected chi connectivity index (χ3v) is 6.29. The molecule has 2 aliphatic heterocycles. The third kappa shape index (κ3) is 2.97. The molecule has 7 nitrogen and oxygen atoms in total. The number of nitrogens with zero attached hydrogens (tertiary/aromatic N) is 4. The fourth-order valence-corrected chi connectivity index (χ4v) is 4.69. The summed E-state index contributed by atoms with van der Waals surface area (Å²) in [6.07, 6.45) is 8.98. The van der Waals surface area contributed by atoms with Crippen LogP contribution < -0.4 is 10.2 Å². The van der Waals surface area contributed by atoms with Crippen molar-refractivity contribution >= 4 is 33.3 Å². The molecule has 3 aromatic heterocycles. The van der Waals surface area contributed by atoms with E-state index in [4.69, 9.17) is 4.98 Å². The smallest absolute Gasteiger partial charge is 0.180 e. The zero-order valence-electron chi connectivity index (χ0n) is 16.9. The minimum Gasteiger partial charge on any atom is -0.370 e. The van der Waals surface area contributed by atoms with Gasteiger partial charge in [-0.05, 0) is 61.6 Å². The van der Waals surface area contributed by atoms with Crippen LogP contribution in [0.25, 0.3) is 39.2 Å². The maximum absolute atomic E-state index is 4.80. The highest BCUT2D eigenvalue weighted by Crippen LogP contribution is 2.32. The first-order valence-corrected chi connectivity index (χ1v) is 10.8. The van der Waals surface area contributed by atoms with Gasteiger partial charge in [0.1, 0.15) is 11.2 Å². The first kappa shape index (κ1) is 17.7. The summed E-state index contributed by atoms with van der Waals surface area (Å²) in [4.78, 5) is 15.3. The van der Waals surface area contributed by atoms with E-state index in [0.29, 0.717) is 0 Å². The van der Waals surface area contributed by atoms with Crippen LogP contribution in [0.3, 0.4) is 0 Å². The molecule has 0 amide bonds. The summed E-state index contributed by atoms with van der Waals surface area (Å²) >= 11 is 0. The number of anilines is 1. The van der Waals surface area contributed by atoms with E-state index in [0.717, 1.165) is 66.2 Å². The molecule has 0 unspecified atom stereocenters. The lowest BCUT2D eigenvalue weighted by Crippen LogP contribution is -2.29. The second kappa shape index (κ2) is 7.25. The lowest BCUT2D eigenvalue weighted by Gasteiger charge is -2.28. The molecule has 1 fully saturated rings. The molecule has 7 heteroatoms. The van der Waals surface area contributed by atoms with E-state index in [2.05, 4.69) is 60.7 Å². The summed E-state index contributed by atoms with van der Waals surface area (Å²) in [6.45, 7) is 4.13. The predicted octanol–water partition coefficient (Wildman–Crippen LogP) is 3.87. The Balaban J connectivity index is 1.44. The van der Waals surface area contributed by atoms with Crippen LogP contribution in [-0.2, 0) is 0 Å². The standard InChI is InChI=1S/C23H25N7/c1-2-12-30(13-3-1)19-8-11-25-22-21(19)26-23(27-22)20-17-14-16(4-5-18(17)28-29-20)15-6-9-24-10-7-15/h4-6,8,11,14,24H,1-3,7,9-10,12-13H2,(H,28,29)(H,25,26,27). The maximum atomic E-state index is 4.80. The molecule has 0 radical (unpaired) electrons. The molecule has 1 aromatic carbocycles. The Morgan fingerprint density at radius 3 is 2.83 bits per heavy atom. The van der Waals surface area contributed by atoms with Gasteiger partial charge in [0.05, 0.1) is 11.2 Å². The number of fused-ring (bicyclic) bond motifs is 2. The van der Waals surface area contributed by atoms with Crippen molar-refractivity contribution in [3.05, 3.63) is 42.1 Å².